The van der Waals surface area contributed by atoms with Crippen LogP contribution in [0.3, 0.4) is 0 Å². The third-order valence-electron chi connectivity index (χ3n) is 2.16. The van der Waals surface area contributed by atoms with Gasteiger partial charge in [0.05, 0.1) is 0 Å². The Balaban J connectivity index is 0.000000184. The normalized spacial score (nSPS) is 13.0. The van der Waals surface area contributed by atoms with Crippen molar-refractivity contribution in [2.24, 2.45) is 0 Å². The average Bonchev–Trinajstić information content (AvgIpc) is 2.47. The fourth-order valence-corrected chi connectivity index (χ4v) is 1.29. The third-order valence-corrected chi connectivity index (χ3v) is 2.16. The average molecular weight is 344 g/mol. The van der Waals surface area contributed by atoms with E-state index in [9.17, 15) is 0 Å². The monoisotopic (exact) mass is 344 g/mol. The lowest BCUT2D eigenvalue weighted by Crippen LogP contribution is -2.39. The van der Waals surface area contributed by atoms with Crippen molar-refractivity contribution in [3.8, 4) is 36.1 Å². The fraction of sp³-hybridized carbons (Fsp3) is 0.400. The van der Waals surface area contributed by atoms with Crippen molar-refractivity contribution >= 4 is 0 Å². The van der Waals surface area contributed by atoms with E-state index in [1.165, 1.54) is 0 Å². The Kier molecular flexibility index (Phi) is 7.59. The second-order valence-corrected chi connectivity index (χ2v) is 3.97. The number of hydrogen-bond acceptors (Lipinski definition) is 14. The maximum absolute atomic E-state index is 8.41. The van der Waals surface area contributed by atoms with E-state index in [1.54, 1.807) is 0 Å². The molecule has 0 unspecified atom stereocenters. The predicted molar refractivity (Wildman–Crippen MR) is 75.4 cm³/mol. The van der Waals surface area contributed by atoms with Crippen LogP contribution in [0.5, 0.6) is 36.1 Å². The standard InChI is InChI=1S/C4H10N2.2C3H3N3O3/c1-2-6-4-3-5-1;2*7-1-4-2(8)6-3(9)5-1/h5-6H,1-4H2;2*(H3,4,5,6,7,8,9). The van der Waals surface area contributed by atoms with Gasteiger partial charge in [0.15, 0.2) is 0 Å². The number of rotatable bonds is 0. The minimum absolute atomic E-state index is 0.708. The van der Waals surface area contributed by atoms with Crippen LogP contribution in [0.1, 0.15) is 0 Å². The summed E-state index contributed by atoms with van der Waals surface area (Å²) in [6.07, 6.45) is 0. The summed E-state index contributed by atoms with van der Waals surface area (Å²) in [7, 11) is 0. The van der Waals surface area contributed by atoms with Crippen molar-refractivity contribution in [3.05, 3.63) is 0 Å². The summed E-state index contributed by atoms with van der Waals surface area (Å²) in [6, 6.07) is -4.25. The molecule has 24 heavy (non-hydrogen) atoms. The van der Waals surface area contributed by atoms with E-state index in [1.807, 2.05) is 0 Å². The predicted octanol–water partition coefficient (Wildman–Crippen LogP) is -2.84. The van der Waals surface area contributed by atoms with Crippen molar-refractivity contribution in [3.63, 3.8) is 0 Å². The molecule has 0 aliphatic carbocycles. The Morgan fingerprint density at radius 2 is 0.583 bits per heavy atom. The van der Waals surface area contributed by atoms with Crippen LogP contribution in [0, 0.1) is 0 Å². The van der Waals surface area contributed by atoms with E-state index in [0.717, 1.165) is 26.2 Å². The molecule has 3 rings (SSSR count). The maximum atomic E-state index is 8.41. The van der Waals surface area contributed by atoms with Crippen LogP contribution in [-0.4, -0.2) is 86.7 Å². The van der Waals surface area contributed by atoms with Crippen LogP contribution < -0.4 is 10.6 Å². The molecule has 1 aliphatic rings. The first-order valence-corrected chi connectivity index (χ1v) is 6.44. The molecule has 0 aromatic carbocycles. The maximum Gasteiger partial charge on any atom is 0.323 e. The molecule has 3 heterocycles. The van der Waals surface area contributed by atoms with Gasteiger partial charge >= 0.3 is 36.1 Å². The zero-order valence-corrected chi connectivity index (χ0v) is 12.2. The van der Waals surface area contributed by atoms with Crippen molar-refractivity contribution in [1.82, 2.24) is 40.5 Å². The van der Waals surface area contributed by atoms with Gasteiger partial charge in [0.2, 0.25) is 0 Å². The third kappa shape index (κ3) is 8.25. The highest BCUT2D eigenvalue weighted by molar-refractivity contribution is 5.04. The lowest BCUT2D eigenvalue weighted by atomic mass is 10.4. The molecule has 0 spiro atoms. The van der Waals surface area contributed by atoms with Crippen LogP contribution >= 0.6 is 0 Å². The van der Waals surface area contributed by atoms with Gasteiger partial charge in [0.25, 0.3) is 0 Å². The number of nitrogens with one attached hydrogen (secondary N) is 2. The van der Waals surface area contributed by atoms with Crippen LogP contribution in [0.4, 0.5) is 0 Å². The van der Waals surface area contributed by atoms with E-state index in [2.05, 4.69) is 40.5 Å². The Morgan fingerprint density at radius 3 is 0.708 bits per heavy atom. The summed E-state index contributed by atoms with van der Waals surface area (Å²) < 4.78 is 0. The van der Waals surface area contributed by atoms with Crippen molar-refractivity contribution in [1.29, 1.82) is 0 Å². The zero-order chi connectivity index (χ0) is 17.9. The second kappa shape index (κ2) is 9.70. The summed E-state index contributed by atoms with van der Waals surface area (Å²) >= 11 is 0. The largest absolute Gasteiger partial charge is 0.479 e. The van der Waals surface area contributed by atoms with Gasteiger partial charge in [-0.3, -0.25) is 0 Å². The van der Waals surface area contributed by atoms with Crippen molar-refractivity contribution in [2.75, 3.05) is 26.2 Å². The van der Waals surface area contributed by atoms with E-state index in [4.69, 9.17) is 30.6 Å². The molecule has 14 nitrogen and oxygen atoms in total. The van der Waals surface area contributed by atoms with Crippen LogP contribution in [-0.2, 0) is 0 Å². The number of hydrogen-bond donors (Lipinski definition) is 8. The minimum atomic E-state index is -0.708. The SMILES string of the molecule is C1CNCCN1.Oc1nc(O)nc(O)n1.Oc1nc(O)nc(O)n1. The van der Waals surface area contributed by atoms with Crippen molar-refractivity contribution < 1.29 is 30.6 Å². The molecule has 0 atom stereocenters. The number of aromatic hydroxyl groups is 6. The van der Waals surface area contributed by atoms with E-state index < -0.39 is 36.1 Å². The number of nitrogens with zero attached hydrogens (tertiary/aromatic N) is 6. The quantitative estimate of drug-likeness (QED) is 0.241. The highest BCUT2D eigenvalue weighted by atomic mass is 16.3. The molecule has 1 saturated heterocycles. The van der Waals surface area contributed by atoms with Gasteiger partial charge in [-0.25, -0.2) is 0 Å². The summed E-state index contributed by atoms with van der Waals surface area (Å²) in [4.78, 5) is 17.8. The molecule has 1 aliphatic heterocycles. The Bertz CT molecular complexity index is 479. The van der Waals surface area contributed by atoms with E-state index in [-0.39, 0.29) is 0 Å². The molecular weight excluding hydrogens is 328 g/mol. The van der Waals surface area contributed by atoms with Crippen LogP contribution in [0.15, 0.2) is 0 Å². The summed E-state index contributed by atoms with van der Waals surface area (Å²) in [5.41, 5.74) is 0. The van der Waals surface area contributed by atoms with Gasteiger partial charge in [-0.2, -0.15) is 0 Å². The topological polar surface area (TPSA) is 223 Å². The molecule has 0 amide bonds. The molecule has 0 saturated carbocycles. The van der Waals surface area contributed by atoms with Gasteiger partial charge in [0, 0.05) is 26.2 Å². The molecular formula is C10H16N8O6. The second-order valence-electron chi connectivity index (χ2n) is 3.97. The van der Waals surface area contributed by atoms with E-state index in [0.29, 0.717) is 0 Å². The lowest BCUT2D eigenvalue weighted by molar-refractivity contribution is 0.343. The van der Waals surface area contributed by atoms with Crippen LogP contribution in [0.25, 0.3) is 0 Å². The van der Waals surface area contributed by atoms with Crippen LogP contribution in [0.2, 0.25) is 0 Å². The number of piperazine rings is 1. The first-order valence-electron chi connectivity index (χ1n) is 6.44. The summed E-state index contributed by atoms with van der Waals surface area (Å²) in [6.45, 7) is 4.56. The molecule has 14 heteroatoms. The first-order chi connectivity index (χ1) is 11.4. The molecule has 2 aromatic heterocycles. The van der Waals surface area contributed by atoms with E-state index >= 15 is 0 Å². The molecule has 0 bridgehead atoms. The Morgan fingerprint density at radius 1 is 0.417 bits per heavy atom. The molecule has 132 valence electrons. The summed E-state index contributed by atoms with van der Waals surface area (Å²) in [5.74, 6) is 0. The first kappa shape index (κ1) is 18.8. The van der Waals surface area contributed by atoms with Gasteiger partial charge < -0.3 is 41.3 Å². The highest BCUT2D eigenvalue weighted by Crippen LogP contribution is 2.09. The Hall–Kier alpha value is -3.26. The molecule has 8 N–H and O–H groups in total. The lowest BCUT2D eigenvalue weighted by Gasteiger charge is -2.11. The summed E-state index contributed by atoms with van der Waals surface area (Å²) in [5, 5.41) is 56.9. The molecule has 0 radical (unpaired) electrons. The Labute approximate surface area is 134 Å². The van der Waals surface area contributed by atoms with Crippen molar-refractivity contribution in [2.45, 2.75) is 0 Å². The smallest absolute Gasteiger partial charge is 0.323 e. The van der Waals surface area contributed by atoms with Gasteiger partial charge in [-0.15, -0.1) is 29.9 Å². The number of aromatic nitrogens is 6. The van der Waals surface area contributed by atoms with Gasteiger partial charge in [-0.05, 0) is 0 Å². The minimum Gasteiger partial charge on any atom is -0.479 e. The highest BCUT2D eigenvalue weighted by Gasteiger charge is 2.00. The van der Waals surface area contributed by atoms with Gasteiger partial charge in [0.1, 0.15) is 0 Å². The fourth-order valence-electron chi connectivity index (χ4n) is 1.29. The zero-order valence-electron chi connectivity index (χ0n) is 12.2. The molecule has 1 fully saturated rings. The van der Waals surface area contributed by atoms with Gasteiger partial charge in [-0.1, -0.05) is 0 Å². The molecule has 2 aromatic rings.